The lowest BCUT2D eigenvalue weighted by Crippen LogP contribution is -2.45. The summed E-state index contributed by atoms with van der Waals surface area (Å²) in [7, 11) is -2.20. The van der Waals surface area contributed by atoms with Crippen LogP contribution in [0.4, 0.5) is 36.4 Å². The van der Waals surface area contributed by atoms with E-state index in [-0.39, 0.29) is 24.0 Å². The Kier molecular flexibility index (Phi) is 8.85. The van der Waals surface area contributed by atoms with Crippen LogP contribution in [-0.2, 0) is 15.6 Å². The zero-order valence-corrected chi connectivity index (χ0v) is 27.2. The van der Waals surface area contributed by atoms with Crippen molar-refractivity contribution in [2.75, 3.05) is 35.7 Å². The van der Waals surface area contributed by atoms with Gasteiger partial charge in [0, 0.05) is 35.6 Å². The average molecular weight is 702 g/mol. The number of alkyl halides is 3. The van der Waals surface area contributed by atoms with Gasteiger partial charge in [-0.1, -0.05) is 41.9 Å². The van der Waals surface area contributed by atoms with Gasteiger partial charge in [-0.3, -0.25) is 4.79 Å². The number of aromatic nitrogens is 3. The van der Waals surface area contributed by atoms with E-state index in [0.717, 1.165) is 24.1 Å². The zero-order valence-electron chi connectivity index (χ0n) is 25.6. The lowest BCUT2D eigenvalue weighted by molar-refractivity contribution is -0.154. The average Bonchev–Trinajstić information content (AvgIpc) is 3.98. The molecule has 0 aliphatic heterocycles. The predicted molar refractivity (Wildman–Crippen MR) is 175 cm³/mol. The molecule has 2 aliphatic carbocycles. The van der Waals surface area contributed by atoms with Gasteiger partial charge < -0.3 is 20.3 Å². The molecule has 1 aromatic heterocycles. The van der Waals surface area contributed by atoms with Crippen LogP contribution in [0.25, 0.3) is 0 Å². The minimum absolute atomic E-state index is 0.00903. The van der Waals surface area contributed by atoms with E-state index in [1.807, 2.05) is 47.4 Å². The summed E-state index contributed by atoms with van der Waals surface area (Å²) in [4.78, 5) is 27.2. The van der Waals surface area contributed by atoms with Crippen molar-refractivity contribution in [2.24, 2.45) is 0 Å². The van der Waals surface area contributed by atoms with Gasteiger partial charge in [-0.15, -0.1) is 0 Å². The molecule has 0 spiro atoms. The number of rotatable bonds is 13. The van der Waals surface area contributed by atoms with Crippen molar-refractivity contribution in [3.8, 4) is 6.01 Å². The minimum Gasteiger partial charge on any atom is -0.454 e. The van der Waals surface area contributed by atoms with Gasteiger partial charge in [0.15, 0.2) is 6.61 Å². The second kappa shape index (κ2) is 12.8. The molecule has 48 heavy (non-hydrogen) atoms. The van der Waals surface area contributed by atoms with Crippen LogP contribution in [0, 0.1) is 0 Å². The zero-order chi connectivity index (χ0) is 34.2. The van der Waals surface area contributed by atoms with Crippen molar-refractivity contribution in [3.63, 3.8) is 0 Å². The maximum Gasteiger partial charge on any atom is 0.422 e. The lowest BCUT2D eigenvalue weighted by Gasteiger charge is -2.25. The number of para-hydroxylation sites is 1. The third-order valence-electron chi connectivity index (χ3n) is 8.21. The van der Waals surface area contributed by atoms with E-state index in [1.165, 1.54) is 24.3 Å². The molecule has 0 bridgehead atoms. The molecule has 0 radical (unpaired) electrons. The van der Waals surface area contributed by atoms with Crippen LogP contribution in [0.3, 0.4) is 0 Å². The highest BCUT2D eigenvalue weighted by molar-refractivity contribution is 7.91. The smallest absolute Gasteiger partial charge is 0.422 e. The molecule has 11 nitrogen and oxygen atoms in total. The molecular formula is C32H31ClF3N7O4S. The van der Waals surface area contributed by atoms with E-state index < -0.39 is 45.0 Å². The van der Waals surface area contributed by atoms with Gasteiger partial charge in [0.05, 0.1) is 5.54 Å². The Balaban J connectivity index is 1.14. The maximum absolute atomic E-state index is 13.3. The topological polar surface area (TPSA) is 138 Å². The van der Waals surface area contributed by atoms with Crippen molar-refractivity contribution in [1.29, 1.82) is 0 Å². The number of nitrogens with zero attached hydrogens (tertiary/aromatic N) is 4. The van der Waals surface area contributed by atoms with Crippen LogP contribution in [0.15, 0.2) is 78.9 Å². The molecule has 2 aliphatic rings. The molecule has 16 heteroatoms. The number of hydrogen-bond acceptors (Lipinski definition) is 10. The third kappa shape index (κ3) is 7.73. The van der Waals surface area contributed by atoms with Gasteiger partial charge in [0.1, 0.15) is 4.75 Å². The summed E-state index contributed by atoms with van der Waals surface area (Å²) >= 11 is 6.02. The number of carbonyl (C=O) groups is 1. The van der Waals surface area contributed by atoms with E-state index in [4.69, 9.17) is 16.3 Å². The van der Waals surface area contributed by atoms with Crippen LogP contribution in [0.1, 0.15) is 41.6 Å². The van der Waals surface area contributed by atoms with Gasteiger partial charge in [-0.2, -0.15) is 28.1 Å². The first-order chi connectivity index (χ1) is 22.7. The molecule has 3 N–H and O–H groups in total. The Labute approximate surface area is 280 Å². The lowest BCUT2D eigenvalue weighted by atomic mass is 10.1. The number of sulfonamides is 1. The van der Waals surface area contributed by atoms with E-state index >= 15 is 0 Å². The van der Waals surface area contributed by atoms with E-state index in [1.54, 1.807) is 19.2 Å². The monoisotopic (exact) mass is 701 g/mol. The molecule has 2 saturated carbocycles. The van der Waals surface area contributed by atoms with E-state index in [2.05, 4.69) is 30.3 Å². The third-order valence-corrected chi connectivity index (χ3v) is 10.6. The summed E-state index contributed by atoms with van der Waals surface area (Å²) in [6.45, 7) is -1.38. The highest BCUT2D eigenvalue weighted by Gasteiger charge is 2.56. The Morgan fingerprint density at radius 3 is 2.17 bits per heavy atom. The summed E-state index contributed by atoms with van der Waals surface area (Å²) in [5.74, 6) is -0.915. The summed E-state index contributed by atoms with van der Waals surface area (Å²) in [5.41, 5.74) is 1.70. The SMILES string of the molecule is CN(CC1(S(=O)(=O)NC(=O)c2ccc(Nc3nc(NC4(c5ccc(Cl)cc5)CC4)nc(OCC(F)(F)F)n3)cc2)CC1)c1ccccc1. The van der Waals surface area contributed by atoms with Crippen LogP contribution in [0.5, 0.6) is 6.01 Å². The standard InChI is InChI=1S/C32H31ClF3N7O4S/c1-43(25-5-3-2-4-6-25)19-30(15-16-30)48(45,46)42-26(44)21-7-13-24(14-8-21)37-27-38-28(40-29(39-27)47-20-32(34,35)36)41-31(17-18-31)22-9-11-23(33)12-10-22/h2-14H,15-20H2,1H3,(H,42,44)(H2,37,38,39,40,41). The van der Waals surface area contributed by atoms with Crippen molar-refractivity contribution >= 4 is 50.8 Å². The van der Waals surface area contributed by atoms with E-state index in [0.29, 0.717) is 23.6 Å². The van der Waals surface area contributed by atoms with Crippen molar-refractivity contribution in [3.05, 3.63) is 95.0 Å². The molecule has 2 fully saturated rings. The number of nitrogens with one attached hydrogen (secondary N) is 3. The summed E-state index contributed by atoms with van der Waals surface area (Å²) < 4.78 is 71.2. The molecule has 6 rings (SSSR count). The largest absolute Gasteiger partial charge is 0.454 e. The molecule has 0 unspecified atom stereocenters. The summed E-state index contributed by atoms with van der Waals surface area (Å²) in [6.07, 6.45) is -2.31. The van der Waals surface area contributed by atoms with Crippen molar-refractivity contribution in [1.82, 2.24) is 19.7 Å². The minimum atomic E-state index is -4.62. The molecule has 252 valence electrons. The van der Waals surface area contributed by atoms with Gasteiger partial charge in [-0.25, -0.2) is 13.1 Å². The van der Waals surface area contributed by atoms with E-state index in [9.17, 15) is 26.4 Å². The highest BCUT2D eigenvalue weighted by Crippen LogP contribution is 2.48. The quantitative estimate of drug-likeness (QED) is 0.151. The fourth-order valence-electron chi connectivity index (χ4n) is 5.25. The fourth-order valence-corrected chi connectivity index (χ4v) is 6.96. The number of benzene rings is 3. The number of anilines is 4. The van der Waals surface area contributed by atoms with Gasteiger partial charge in [0.25, 0.3) is 5.91 Å². The first kappa shape index (κ1) is 33.3. The Morgan fingerprint density at radius 2 is 1.56 bits per heavy atom. The first-order valence-corrected chi connectivity index (χ1v) is 16.8. The molecule has 0 saturated heterocycles. The van der Waals surface area contributed by atoms with Gasteiger partial charge in [-0.05, 0) is 79.8 Å². The number of hydrogen-bond donors (Lipinski definition) is 3. The highest BCUT2D eigenvalue weighted by atomic mass is 35.5. The van der Waals surface area contributed by atoms with Crippen LogP contribution >= 0.6 is 11.6 Å². The van der Waals surface area contributed by atoms with Gasteiger partial charge >= 0.3 is 12.2 Å². The normalized spacial score (nSPS) is 16.0. The van der Waals surface area contributed by atoms with Crippen LogP contribution in [-0.4, -0.2) is 60.4 Å². The second-order valence-corrected chi connectivity index (χ2v) is 14.4. The summed E-state index contributed by atoms with van der Waals surface area (Å²) in [6, 6.07) is 21.8. The molecule has 1 heterocycles. The van der Waals surface area contributed by atoms with Crippen molar-refractivity contribution in [2.45, 2.75) is 42.1 Å². The molecule has 4 aromatic rings. The molecule has 0 atom stereocenters. The first-order valence-electron chi connectivity index (χ1n) is 14.9. The number of amides is 1. The molecule has 3 aromatic carbocycles. The number of halogens is 4. The Morgan fingerprint density at radius 1 is 0.917 bits per heavy atom. The van der Waals surface area contributed by atoms with Crippen LogP contribution < -0.4 is 25.0 Å². The molecule has 1 amide bonds. The van der Waals surface area contributed by atoms with Gasteiger partial charge in [0.2, 0.25) is 21.9 Å². The number of carbonyl (C=O) groups excluding carboxylic acids is 1. The fraction of sp³-hybridized carbons (Fsp3) is 0.312. The Bertz CT molecular complexity index is 1890. The van der Waals surface area contributed by atoms with Crippen molar-refractivity contribution < 1.29 is 31.1 Å². The molecular weight excluding hydrogens is 671 g/mol. The maximum atomic E-state index is 13.3. The second-order valence-electron chi connectivity index (χ2n) is 11.9. The number of ether oxygens (including phenoxy) is 1. The summed E-state index contributed by atoms with van der Waals surface area (Å²) in [5, 5.41) is 6.64. The predicted octanol–water partition coefficient (Wildman–Crippen LogP) is 6.04. The Hall–Kier alpha value is -4.63. The van der Waals surface area contributed by atoms with Crippen LogP contribution in [0.2, 0.25) is 5.02 Å².